The summed E-state index contributed by atoms with van der Waals surface area (Å²) in [5, 5.41) is 11.4. The minimum atomic E-state index is -3.72. The van der Waals surface area contributed by atoms with Crippen molar-refractivity contribution in [3.05, 3.63) is 65.2 Å². The number of Topliss-reactive ketones (excluding diaryl/α,β-unsaturated/α-hetero) is 1. The third kappa shape index (κ3) is 3.54. The van der Waals surface area contributed by atoms with E-state index in [9.17, 15) is 27.9 Å². The number of ether oxygens (including phenoxy) is 1. The van der Waals surface area contributed by atoms with Gasteiger partial charge < -0.3 is 19.6 Å². The molecule has 11 heteroatoms. The molecule has 1 saturated heterocycles. The first kappa shape index (κ1) is 25.5. The number of hydrogen-bond acceptors (Lipinski definition) is 7. The first-order valence-electron chi connectivity index (χ1n) is 11.2. The van der Waals surface area contributed by atoms with Crippen molar-refractivity contribution in [2.45, 2.75) is 16.9 Å². The number of anilines is 1. The van der Waals surface area contributed by atoms with Gasteiger partial charge in [0.05, 0.1) is 10.5 Å². The molecule has 2 heterocycles. The van der Waals surface area contributed by atoms with E-state index < -0.39 is 38.9 Å². The normalized spacial score (nSPS) is 21.2. The molecule has 190 valence electrons. The van der Waals surface area contributed by atoms with Gasteiger partial charge in [0, 0.05) is 58.2 Å². The zero-order chi connectivity index (χ0) is 26.4. The molecule has 2 aromatic carbocycles. The Morgan fingerprint density at radius 2 is 1.69 bits per heavy atom. The molecule has 1 N–H and O–H groups in total. The minimum absolute atomic E-state index is 0.0131. The summed E-state index contributed by atoms with van der Waals surface area (Å²) in [4.78, 5) is 43.1. The fourth-order valence-corrected chi connectivity index (χ4v) is 5.68. The lowest BCUT2D eigenvalue weighted by Crippen LogP contribution is -2.51. The van der Waals surface area contributed by atoms with Crippen LogP contribution >= 0.6 is 0 Å². The summed E-state index contributed by atoms with van der Waals surface area (Å²) in [5.41, 5.74) is -1.19. The third-order valence-electron chi connectivity index (χ3n) is 6.58. The van der Waals surface area contributed by atoms with Gasteiger partial charge in [-0.2, -0.15) is 0 Å². The van der Waals surface area contributed by atoms with Crippen LogP contribution in [0.5, 0.6) is 0 Å². The molecule has 1 spiro atoms. The van der Waals surface area contributed by atoms with Gasteiger partial charge in [-0.05, 0) is 36.8 Å². The maximum absolute atomic E-state index is 13.8. The molecule has 2 aliphatic heterocycles. The highest BCUT2D eigenvalue weighted by Gasteiger charge is 2.66. The number of fused-ring (bicyclic) bond motifs is 2. The lowest BCUT2D eigenvalue weighted by molar-refractivity contribution is -0.143. The number of hydrogen-bond donors (Lipinski definition) is 1. The predicted molar refractivity (Wildman–Crippen MR) is 132 cm³/mol. The summed E-state index contributed by atoms with van der Waals surface area (Å²) < 4.78 is 31.0. The molecule has 0 saturated carbocycles. The summed E-state index contributed by atoms with van der Waals surface area (Å²) in [6.45, 7) is 0.343. The highest BCUT2D eigenvalue weighted by molar-refractivity contribution is 7.89. The Hall–Kier alpha value is -3.54. The SMILES string of the molecule is COCCCN1C(=O)C(=O)/C(=C(/O)c2ccc(S(=O)(=O)N(C)C)cc2)[C@@]12C(=O)N(C)c1ccccc12. The number of aliphatic hydroxyl groups excluding tert-OH is 1. The van der Waals surface area contributed by atoms with E-state index in [1.54, 1.807) is 31.3 Å². The van der Waals surface area contributed by atoms with Crippen molar-refractivity contribution in [2.75, 3.05) is 46.3 Å². The van der Waals surface area contributed by atoms with Crippen molar-refractivity contribution in [3.8, 4) is 0 Å². The minimum Gasteiger partial charge on any atom is -0.507 e. The van der Waals surface area contributed by atoms with Gasteiger partial charge >= 0.3 is 0 Å². The van der Waals surface area contributed by atoms with Crippen LogP contribution in [-0.4, -0.2) is 81.7 Å². The monoisotopic (exact) mass is 513 g/mol. The number of sulfonamides is 1. The maximum atomic E-state index is 13.8. The first-order chi connectivity index (χ1) is 17.0. The van der Waals surface area contributed by atoms with Crippen molar-refractivity contribution in [3.63, 3.8) is 0 Å². The average molecular weight is 514 g/mol. The van der Waals surface area contributed by atoms with E-state index in [-0.39, 0.29) is 22.6 Å². The van der Waals surface area contributed by atoms with E-state index >= 15 is 0 Å². The molecule has 0 aliphatic carbocycles. The number of carbonyl (C=O) groups is 3. The number of likely N-dealkylation sites (tertiary alicyclic amines) is 1. The van der Waals surface area contributed by atoms with Gasteiger partial charge in [0.1, 0.15) is 5.76 Å². The molecular weight excluding hydrogens is 486 g/mol. The standard InChI is InChI=1S/C25H27N3O7S/c1-26(2)36(33,34)17-12-10-16(11-13-17)21(29)20-22(30)23(31)28(14-7-15-35-4)25(20)18-8-5-6-9-19(18)27(3)24(25)32/h5-6,8-13,29H,7,14-15H2,1-4H3/b21-20-/t25-/m0/s1. The van der Waals surface area contributed by atoms with E-state index in [4.69, 9.17) is 4.74 Å². The third-order valence-corrected chi connectivity index (χ3v) is 8.41. The van der Waals surface area contributed by atoms with E-state index in [0.29, 0.717) is 24.3 Å². The largest absolute Gasteiger partial charge is 0.507 e. The second-order valence-corrected chi connectivity index (χ2v) is 10.9. The van der Waals surface area contributed by atoms with Crippen LogP contribution in [0.2, 0.25) is 0 Å². The Kier molecular flexibility index (Phi) is 6.50. The molecule has 4 rings (SSSR count). The number of nitrogens with zero attached hydrogens (tertiary/aromatic N) is 3. The molecule has 2 aliphatic rings. The van der Waals surface area contributed by atoms with Crippen LogP contribution in [0.3, 0.4) is 0 Å². The Morgan fingerprint density at radius 1 is 1.06 bits per heavy atom. The highest BCUT2D eigenvalue weighted by Crippen LogP contribution is 2.53. The number of methoxy groups -OCH3 is 1. The predicted octanol–water partition coefficient (Wildman–Crippen LogP) is 1.53. The summed E-state index contributed by atoms with van der Waals surface area (Å²) in [6.07, 6.45) is 0.363. The van der Waals surface area contributed by atoms with Gasteiger partial charge in [0.25, 0.3) is 17.6 Å². The number of likely N-dealkylation sites (N-methyl/N-ethyl adjacent to an activating group) is 1. The summed E-state index contributed by atoms with van der Waals surface area (Å²) in [5.74, 6) is -3.00. The molecule has 0 unspecified atom stereocenters. The Bertz CT molecular complexity index is 1380. The molecule has 0 bridgehead atoms. The van der Waals surface area contributed by atoms with Crippen LogP contribution in [0.4, 0.5) is 5.69 Å². The van der Waals surface area contributed by atoms with E-state index in [0.717, 1.165) is 4.31 Å². The molecule has 2 aromatic rings. The second-order valence-electron chi connectivity index (χ2n) is 8.76. The van der Waals surface area contributed by atoms with Crippen LogP contribution in [0.25, 0.3) is 5.76 Å². The van der Waals surface area contributed by atoms with E-state index in [1.807, 2.05) is 0 Å². The number of ketones is 1. The van der Waals surface area contributed by atoms with E-state index in [1.165, 1.54) is 55.3 Å². The molecule has 2 amide bonds. The fourth-order valence-electron chi connectivity index (χ4n) is 4.78. The Balaban J connectivity index is 1.95. The zero-order valence-corrected chi connectivity index (χ0v) is 21.2. The molecular formula is C25H27N3O7S. The Labute approximate surface area is 209 Å². The van der Waals surface area contributed by atoms with Crippen molar-refractivity contribution in [2.24, 2.45) is 0 Å². The van der Waals surface area contributed by atoms with E-state index in [2.05, 4.69) is 0 Å². The van der Waals surface area contributed by atoms with Gasteiger partial charge in [0.15, 0.2) is 5.54 Å². The number of aliphatic hydroxyl groups is 1. The molecule has 0 radical (unpaired) electrons. The summed E-state index contributed by atoms with van der Waals surface area (Å²) >= 11 is 0. The molecule has 36 heavy (non-hydrogen) atoms. The first-order valence-corrected chi connectivity index (χ1v) is 12.6. The number of para-hydroxylation sites is 1. The van der Waals surface area contributed by atoms with Crippen molar-refractivity contribution in [1.82, 2.24) is 9.21 Å². The van der Waals surface area contributed by atoms with Crippen LogP contribution in [0.1, 0.15) is 17.5 Å². The summed E-state index contributed by atoms with van der Waals surface area (Å²) in [6, 6.07) is 12.1. The number of amides is 2. The lowest BCUT2D eigenvalue weighted by Gasteiger charge is -2.34. The van der Waals surface area contributed by atoms with Crippen molar-refractivity contribution < 1.29 is 32.6 Å². The molecule has 1 atom stereocenters. The number of benzene rings is 2. The van der Waals surface area contributed by atoms with Crippen LogP contribution in [-0.2, 0) is 34.7 Å². The highest BCUT2D eigenvalue weighted by atomic mass is 32.2. The summed E-state index contributed by atoms with van der Waals surface area (Å²) in [7, 11) is 2.12. The van der Waals surface area contributed by atoms with Gasteiger partial charge in [-0.15, -0.1) is 0 Å². The molecule has 0 aromatic heterocycles. The average Bonchev–Trinajstić information content (AvgIpc) is 3.22. The van der Waals surface area contributed by atoms with Gasteiger partial charge in [-0.3, -0.25) is 14.4 Å². The smallest absolute Gasteiger partial charge is 0.296 e. The fraction of sp³-hybridized carbons (Fsp3) is 0.320. The van der Waals surface area contributed by atoms with Crippen molar-refractivity contribution in [1.29, 1.82) is 0 Å². The van der Waals surface area contributed by atoms with Gasteiger partial charge in [-0.25, -0.2) is 12.7 Å². The van der Waals surface area contributed by atoms with Crippen LogP contribution < -0.4 is 4.90 Å². The number of rotatable bonds is 7. The quantitative estimate of drug-likeness (QED) is 0.258. The topological polar surface area (TPSA) is 125 Å². The maximum Gasteiger partial charge on any atom is 0.296 e. The number of carbonyl (C=O) groups excluding carboxylic acids is 3. The molecule has 10 nitrogen and oxygen atoms in total. The van der Waals surface area contributed by atoms with Gasteiger partial charge in [0.2, 0.25) is 10.0 Å². The van der Waals surface area contributed by atoms with Gasteiger partial charge in [-0.1, -0.05) is 18.2 Å². The lowest BCUT2D eigenvalue weighted by atomic mass is 9.82. The Morgan fingerprint density at radius 3 is 2.31 bits per heavy atom. The second kappa shape index (κ2) is 9.16. The van der Waals surface area contributed by atoms with Crippen LogP contribution in [0, 0.1) is 0 Å². The van der Waals surface area contributed by atoms with Crippen LogP contribution in [0.15, 0.2) is 59.0 Å². The van der Waals surface area contributed by atoms with Crippen molar-refractivity contribution >= 4 is 39.1 Å². The zero-order valence-electron chi connectivity index (χ0n) is 20.4. The molecule has 1 fully saturated rings.